The summed E-state index contributed by atoms with van der Waals surface area (Å²) in [5, 5.41) is 2.03. The molecule has 0 bridgehead atoms. The molecule has 21 heavy (non-hydrogen) atoms. The number of amides is 1. The van der Waals surface area contributed by atoms with Crippen LogP contribution in [0.3, 0.4) is 0 Å². The number of carbonyl (C=O) groups excluding carboxylic acids is 2. The average Bonchev–Trinajstić information content (AvgIpc) is 3.18. The summed E-state index contributed by atoms with van der Waals surface area (Å²) < 4.78 is 7.01. The molecule has 112 valence electrons. The fourth-order valence-corrected chi connectivity index (χ4v) is 4.86. The van der Waals surface area contributed by atoms with Gasteiger partial charge in [0.2, 0.25) is 0 Å². The van der Waals surface area contributed by atoms with Crippen molar-refractivity contribution in [2.24, 2.45) is 0 Å². The van der Waals surface area contributed by atoms with E-state index in [-0.39, 0.29) is 24.5 Å². The minimum Gasteiger partial charge on any atom is -0.468 e. The number of carbonyl (C=O) groups is 2. The fraction of sp³-hybridized carbons (Fsp3) is 0.467. The summed E-state index contributed by atoms with van der Waals surface area (Å²) in [6.45, 7) is 0.0472. The average molecular weight is 323 g/mol. The quantitative estimate of drug-likeness (QED) is 0.809. The van der Waals surface area contributed by atoms with Crippen LogP contribution in [0, 0.1) is 0 Å². The number of fused-ring (bicyclic) bond motifs is 1. The van der Waals surface area contributed by atoms with Crippen molar-refractivity contribution in [3.8, 4) is 0 Å². The normalized spacial score (nSPS) is 15.5. The lowest BCUT2D eigenvalue weighted by molar-refractivity contribution is -0.141. The third-order valence-electron chi connectivity index (χ3n) is 3.90. The lowest BCUT2D eigenvalue weighted by Crippen LogP contribution is -2.42. The van der Waals surface area contributed by atoms with Crippen LogP contribution in [0.4, 0.5) is 0 Å². The van der Waals surface area contributed by atoms with Crippen LogP contribution < -0.4 is 0 Å². The van der Waals surface area contributed by atoms with Gasteiger partial charge in [0.25, 0.3) is 5.91 Å². The van der Waals surface area contributed by atoms with E-state index in [4.69, 9.17) is 4.74 Å². The number of esters is 1. The molecule has 0 aliphatic heterocycles. The number of hydrogen-bond donors (Lipinski definition) is 0. The van der Waals surface area contributed by atoms with Gasteiger partial charge in [-0.25, -0.2) is 0 Å². The molecule has 2 aromatic rings. The largest absolute Gasteiger partial charge is 0.468 e. The summed E-state index contributed by atoms with van der Waals surface area (Å²) in [6.07, 6.45) is 4.19. The lowest BCUT2D eigenvalue weighted by Gasteiger charge is -2.27. The summed E-state index contributed by atoms with van der Waals surface area (Å²) in [4.78, 5) is 26.8. The monoisotopic (exact) mass is 323 g/mol. The van der Waals surface area contributed by atoms with Gasteiger partial charge in [0, 0.05) is 15.4 Å². The van der Waals surface area contributed by atoms with E-state index < -0.39 is 0 Å². The summed E-state index contributed by atoms with van der Waals surface area (Å²) in [7, 11) is 1.36. The van der Waals surface area contributed by atoms with E-state index in [1.807, 2.05) is 17.5 Å². The number of rotatable bonds is 4. The highest BCUT2D eigenvalue weighted by Gasteiger charge is 2.30. The summed E-state index contributed by atoms with van der Waals surface area (Å²) in [5.41, 5.74) is 0. The van der Waals surface area contributed by atoms with Gasteiger partial charge in [-0.1, -0.05) is 12.8 Å². The highest BCUT2D eigenvalue weighted by atomic mass is 32.1. The molecule has 2 heterocycles. The van der Waals surface area contributed by atoms with E-state index >= 15 is 0 Å². The van der Waals surface area contributed by atoms with Gasteiger partial charge in [-0.3, -0.25) is 9.59 Å². The Morgan fingerprint density at radius 2 is 2.10 bits per heavy atom. The maximum absolute atomic E-state index is 12.8. The minimum atomic E-state index is -0.353. The molecular weight excluding hydrogens is 306 g/mol. The molecule has 1 aliphatic rings. The minimum absolute atomic E-state index is 0.0410. The second-order valence-electron chi connectivity index (χ2n) is 5.21. The van der Waals surface area contributed by atoms with E-state index in [0.717, 1.165) is 35.1 Å². The summed E-state index contributed by atoms with van der Waals surface area (Å²) in [5.74, 6) is -0.394. The Hall–Kier alpha value is -1.40. The van der Waals surface area contributed by atoms with Crippen molar-refractivity contribution in [1.82, 2.24) is 4.90 Å². The van der Waals surface area contributed by atoms with Gasteiger partial charge in [-0.05, 0) is 30.4 Å². The van der Waals surface area contributed by atoms with Crippen LogP contribution in [0.1, 0.15) is 35.4 Å². The van der Waals surface area contributed by atoms with E-state index in [2.05, 4.69) is 0 Å². The van der Waals surface area contributed by atoms with Gasteiger partial charge in [0.1, 0.15) is 6.54 Å². The molecule has 1 aliphatic carbocycles. The van der Waals surface area contributed by atoms with Gasteiger partial charge in [0.15, 0.2) is 0 Å². The Morgan fingerprint density at radius 1 is 1.33 bits per heavy atom. The topological polar surface area (TPSA) is 46.6 Å². The Balaban J connectivity index is 1.85. The third kappa shape index (κ3) is 2.96. The first-order valence-electron chi connectivity index (χ1n) is 7.04. The first-order valence-corrected chi connectivity index (χ1v) is 8.73. The Kier molecular flexibility index (Phi) is 4.26. The highest BCUT2D eigenvalue weighted by molar-refractivity contribution is 7.27. The van der Waals surface area contributed by atoms with Crippen molar-refractivity contribution >= 4 is 43.9 Å². The number of thiophene rings is 2. The molecule has 3 rings (SSSR count). The molecule has 4 nitrogen and oxygen atoms in total. The smallest absolute Gasteiger partial charge is 0.325 e. The van der Waals surface area contributed by atoms with Crippen molar-refractivity contribution in [3.63, 3.8) is 0 Å². The predicted octanol–water partition coefficient (Wildman–Crippen LogP) is 3.52. The molecule has 0 spiro atoms. The molecular formula is C15H17NO3S2. The van der Waals surface area contributed by atoms with Crippen LogP contribution in [-0.2, 0) is 9.53 Å². The van der Waals surface area contributed by atoms with Gasteiger partial charge >= 0.3 is 5.97 Å². The fourth-order valence-electron chi connectivity index (χ4n) is 2.80. The summed E-state index contributed by atoms with van der Waals surface area (Å²) >= 11 is 3.14. The number of hydrogen-bond acceptors (Lipinski definition) is 5. The Labute approximate surface area is 131 Å². The molecule has 1 fully saturated rings. The predicted molar refractivity (Wildman–Crippen MR) is 85.0 cm³/mol. The van der Waals surface area contributed by atoms with Crippen LogP contribution in [0.5, 0.6) is 0 Å². The molecule has 1 saturated carbocycles. The first kappa shape index (κ1) is 14.5. The van der Waals surface area contributed by atoms with Crippen molar-refractivity contribution in [2.75, 3.05) is 13.7 Å². The maximum atomic E-state index is 12.8. The van der Waals surface area contributed by atoms with Crippen LogP contribution in [0.2, 0.25) is 0 Å². The van der Waals surface area contributed by atoms with Crippen molar-refractivity contribution in [2.45, 2.75) is 31.7 Å². The van der Waals surface area contributed by atoms with E-state index in [1.165, 1.54) is 18.4 Å². The van der Waals surface area contributed by atoms with Crippen molar-refractivity contribution < 1.29 is 14.3 Å². The van der Waals surface area contributed by atoms with Crippen LogP contribution in [0.25, 0.3) is 9.40 Å². The van der Waals surface area contributed by atoms with Crippen molar-refractivity contribution in [3.05, 3.63) is 22.4 Å². The standard InChI is InChI=1S/C15H17NO3S2/c1-19-14(17)9-16(10-4-2-3-5-10)15(18)13-8-12-11(21-13)6-7-20-12/h6-8,10H,2-5,9H2,1H3. The maximum Gasteiger partial charge on any atom is 0.325 e. The van der Waals surface area contributed by atoms with Gasteiger partial charge in [0.05, 0.1) is 12.0 Å². The van der Waals surface area contributed by atoms with Crippen LogP contribution in [0.15, 0.2) is 17.5 Å². The zero-order chi connectivity index (χ0) is 14.8. The van der Waals surface area contributed by atoms with E-state index in [9.17, 15) is 9.59 Å². The Morgan fingerprint density at radius 3 is 2.76 bits per heavy atom. The number of ether oxygens (including phenoxy) is 1. The van der Waals surface area contributed by atoms with Gasteiger partial charge in [-0.15, -0.1) is 22.7 Å². The van der Waals surface area contributed by atoms with Crippen molar-refractivity contribution in [1.29, 1.82) is 0 Å². The zero-order valence-electron chi connectivity index (χ0n) is 11.8. The molecule has 0 N–H and O–H groups in total. The highest BCUT2D eigenvalue weighted by Crippen LogP contribution is 2.32. The van der Waals surface area contributed by atoms with E-state index in [0.29, 0.717) is 4.88 Å². The second kappa shape index (κ2) is 6.15. The molecule has 0 unspecified atom stereocenters. The molecule has 2 aromatic heterocycles. The molecule has 6 heteroatoms. The molecule has 0 saturated heterocycles. The third-order valence-corrected chi connectivity index (χ3v) is 5.98. The number of methoxy groups -OCH3 is 1. The Bertz CT molecular complexity index is 626. The molecule has 0 aromatic carbocycles. The molecule has 0 radical (unpaired) electrons. The lowest BCUT2D eigenvalue weighted by atomic mass is 10.2. The molecule has 0 atom stereocenters. The summed E-state index contributed by atoms with van der Waals surface area (Å²) in [6, 6.07) is 4.13. The SMILES string of the molecule is COC(=O)CN(C(=O)c1cc2sccc2s1)C1CCCC1. The molecule has 1 amide bonds. The second-order valence-corrected chi connectivity index (χ2v) is 7.24. The van der Waals surface area contributed by atoms with Crippen LogP contribution in [-0.4, -0.2) is 36.5 Å². The van der Waals surface area contributed by atoms with Gasteiger partial charge < -0.3 is 9.64 Å². The van der Waals surface area contributed by atoms with Gasteiger partial charge in [-0.2, -0.15) is 0 Å². The zero-order valence-corrected chi connectivity index (χ0v) is 13.5. The van der Waals surface area contributed by atoms with Crippen LogP contribution >= 0.6 is 22.7 Å². The van der Waals surface area contributed by atoms with E-state index in [1.54, 1.807) is 16.2 Å². The first-order chi connectivity index (χ1) is 10.2. The number of nitrogens with zero attached hydrogens (tertiary/aromatic N) is 1.